The Hall–Kier alpha value is -2.02. The number of benzene rings is 1. The summed E-state index contributed by atoms with van der Waals surface area (Å²) in [7, 11) is 0. The van der Waals surface area contributed by atoms with Gasteiger partial charge in [0.1, 0.15) is 17.5 Å². The average Bonchev–Trinajstić information content (AvgIpc) is 3.12. The lowest BCUT2D eigenvalue weighted by Gasteiger charge is -2.26. The van der Waals surface area contributed by atoms with E-state index in [1.54, 1.807) is 29.7 Å². The lowest BCUT2D eigenvalue weighted by atomic mass is 9.99. The SMILES string of the molecule is CC[C@H](C)[C@H](NC(=O)[C@H]1CS[C@H]2c3ccccc3C(=O)N12)C(=O)O. The number of carboxylic acids is 1. The van der Waals surface area contributed by atoms with Crippen LogP contribution < -0.4 is 5.32 Å². The molecule has 0 aromatic heterocycles. The first-order chi connectivity index (χ1) is 11.5. The minimum Gasteiger partial charge on any atom is -0.480 e. The van der Waals surface area contributed by atoms with Crippen LogP contribution in [0.5, 0.6) is 0 Å². The molecule has 0 aliphatic carbocycles. The fourth-order valence-electron chi connectivity index (χ4n) is 3.17. The van der Waals surface area contributed by atoms with E-state index in [1.807, 2.05) is 25.1 Å². The van der Waals surface area contributed by atoms with Crippen molar-refractivity contribution in [3.8, 4) is 0 Å². The molecule has 3 rings (SSSR count). The molecule has 128 valence electrons. The Bertz CT molecular complexity index is 693. The number of nitrogens with one attached hydrogen (secondary N) is 1. The second kappa shape index (κ2) is 6.47. The Balaban J connectivity index is 1.79. The van der Waals surface area contributed by atoms with Gasteiger partial charge in [0.05, 0.1) is 0 Å². The fraction of sp³-hybridized carbons (Fsp3) is 0.471. The van der Waals surface area contributed by atoms with Crippen molar-refractivity contribution in [2.45, 2.75) is 37.7 Å². The summed E-state index contributed by atoms with van der Waals surface area (Å²) in [4.78, 5) is 38.3. The predicted molar refractivity (Wildman–Crippen MR) is 90.6 cm³/mol. The molecule has 2 aliphatic rings. The van der Waals surface area contributed by atoms with Crippen molar-refractivity contribution in [3.63, 3.8) is 0 Å². The minimum absolute atomic E-state index is 0.156. The van der Waals surface area contributed by atoms with Crippen molar-refractivity contribution >= 4 is 29.5 Å². The topological polar surface area (TPSA) is 86.7 Å². The third-order valence-corrected chi connectivity index (χ3v) is 6.08. The monoisotopic (exact) mass is 348 g/mol. The molecule has 2 amide bonds. The van der Waals surface area contributed by atoms with E-state index in [9.17, 15) is 19.5 Å². The summed E-state index contributed by atoms with van der Waals surface area (Å²) >= 11 is 1.54. The van der Waals surface area contributed by atoms with Gasteiger partial charge < -0.3 is 15.3 Å². The second-order valence-corrected chi connectivity index (χ2v) is 7.32. The molecule has 0 unspecified atom stereocenters. The van der Waals surface area contributed by atoms with E-state index in [1.165, 1.54) is 0 Å². The van der Waals surface area contributed by atoms with E-state index in [4.69, 9.17) is 0 Å². The maximum atomic E-state index is 12.6. The van der Waals surface area contributed by atoms with Gasteiger partial charge in [0.25, 0.3) is 5.91 Å². The number of fused-ring (bicyclic) bond motifs is 3. The maximum absolute atomic E-state index is 12.6. The molecule has 7 heteroatoms. The van der Waals surface area contributed by atoms with Crippen molar-refractivity contribution in [3.05, 3.63) is 35.4 Å². The lowest BCUT2D eigenvalue weighted by Crippen LogP contribution is -2.53. The first-order valence-corrected chi connectivity index (χ1v) is 9.07. The number of carboxylic acid groups (broad SMARTS) is 1. The van der Waals surface area contributed by atoms with Crippen LogP contribution in [0.4, 0.5) is 0 Å². The van der Waals surface area contributed by atoms with Crippen LogP contribution in [0.1, 0.15) is 41.6 Å². The van der Waals surface area contributed by atoms with Crippen LogP contribution in [0.25, 0.3) is 0 Å². The number of rotatable bonds is 5. The number of aliphatic carboxylic acids is 1. The number of hydrogen-bond acceptors (Lipinski definition) is 4. The molecule has 2 aliphatic heterocycles. The first kappa shape index (κ1) is 16.8. The zero-order valence-corrected chi connectivity index (χ0v) is 14.4. The summed E-state index contributed by atoms with van der Waals surface area (Å²) in [6.45, 7) is 3.68. The van der Waals surface area contributed by atoms with E-state index in [-0.39, 0.29) is 23.1 Å². The van der Waals surface area contributed by atoms with Crippen LogP contribution >= 0.6 is 11.8 Å². The van der Waals surface area contributed by atoms with E-state index in [0.717, 1.165) is 5.56 Å². The van der Waals surface area contributed by atoms with Gasteiger partial charge in [-0.15, -0.1) is 11.8 Å². The Morgan fingerprint density at radius 1 is 1.42 bits per heavy atom. The van der Waals surface area contributed by atoms with Crippen molar-refractivity contribution in [1.29, 1.82) is 0 Å². The summed E-state index contributed by atoms with van der Waals surface area (Å²) in [6.07, 6.45) is 0.646. The molecule has 0 bridgehead atoms. The number of amides is 2. The van der Waals surface area contributed by atoms with E-state index < -0.39 is 18.1 Å². The van der Waals surface area contributed by atoms with E-state index in [0.29, 0.717) is 17.7 Å². The largest absolute Gasteiger partial charge is 0.480 e. The molecule has 4 atom stereocenters. The van der Waals surface area contributed by atoms with E-state index >= 15 is 0 Å². The van der Waals surface area contributed by atoms with E-state index in [2.05, 4.69) is 5.32 Å². The standard InChI is InChI=1S/C17H20N2O4S/c1-3-9(2)13(17(22)23)18-14(20)12-8-24-16-11-7-5-4-6-10(11)15(21)19(12)16/h4-7,9,12-13,16H,3,8H2,1-2H3,(H,18,20)(H,22,23)/t9-,12+,13-,16-/m0/s1. The molecule has 2 heterocycles. The summed E-state index contributed by atoms with van der Waals surface area (Å²) in [6, 6.07) is 5.79. The van der Waals surface area contributed by atoms with Crippen molar-refractivity contribution in [1.82, 2.24) is 10.2 Å². The third kappa shape index (κ3) is 2.66. The molecule has 0 saturated carbocycles. The van der Waals surface area contributed by atoms with Gasteiger partial charge in [-0.25, -0.2) is 4.79 Å². The third-order valence-electron chi connectivity index (χ3n) is 4.77. The van der Waals surface area contributed by atoms with Gasteiger partial charge in [-0.1, -0.05) is 38.5 Å². The summed E-state index contributed by atoms with van der Waals surface area (Å²) in [5, 5.41) is 11.8. The molecule has 1 aromatic carbocycles. The average molecular weight is 348 g/mol. The molecule has 1 saturated heterocycles. The molecule has 0 radical (unpaired) electrons. The van der Waals surface area contributed by atoms with Gasteiger partial charge in [-0.3, -0.25) is 9.59 Å². The molecule has 0 spiro atoms. The fourth-order valence-corrected chi connectivity index (χ4v) is 4.64. The maximum Gasteiger partial charge on any atom is 0.326 e. The van der Waals surface area contributed by atoms with Crippen molar-refractivity contribution in [2.75, 3.05) is 5.75 Å². The van der Waals surface area contributed by atoms with Crippen LogP contribution in [-0.4, -0.2) is 45.6 Å². The van der Waals surface area contributed by atoms with Gasteiger partial charge in [0.15, 0.2) is 0 Å². The van der Waals surface area contributed by atoms with Crippen LogP contribution in [0.2, 0.25) is 0 Å². The van der Waals surface area contributed by atoms with Gasteiger partial charge in [0, 0.05) is 11.3 Å². The Morgan fingerprint density at radius 2 is 2.12 bits per heavy atom. The van der Waals surface area contributed by atoms with Gasteiger partial charge in [-0.2, -0.15) is 0 Å². The highest BCUT2D eigenvalue weighted by atomic mass is 32.2. The van der Waals surface area contributed by atoms with Crippen LogP contribution in [0.3, 0.4) is 0 Å². The summed E-state index contributed by atoms with van der Waals surface area (Å²) < 4.78 is 0. The van der Waals surface area contributed by atoms with Crippen molar-refractivity contribution < 1.29 is 19.5 Å². The molecule has 24 heavy (non-hydrogen) atoms. The van der Waals surface area contributed by atoms with Crippen LogP contribution in [0, 0.1) is 5.92 Å². The first-order valence-electron chi connectivity index (χ1n) is 8.02. The number of carbonyl (C=O) groups excluding carboxylic acids is 2. The lowest BCUT2D eigenvalue weighted by molar-refractivity contribution is -0.143. The Morgan fingerprint density at radius 3 is 2.79 bits per heavy atom. The Kier molecular flexibility index (Phi) is 4.54. The molecule has 6 nitrogen and oxygen atoms in total. The predicted octanol–water partition coefficient (Wildman–Crippen LogP) is 1.87. The molecular weight excluding hydrogens is 328 g/mol. The normalized spacial score (nSPS) is 24.2. The summed E-state index contributed by atoms with van der Waals surface area (Å²) in [5.41, 5.74) is 1.56. The van der Waals surface area contributed by atoms with Gasteiger partial charge in [-0.05, 0) is 17.5 Å². The number of thioether (sulfide) groups is 1. The number of hydrogen-bond donors (Lipinski definition) is 2. The zero-order valence-electron chi connectivity index (χ0n) is 13.6. The van der Waals surface area contributed by atoms with Crippen LogP contribution in [-0.2, 0) is 9.59 Å². The molecular formula is C17H20N2O4S. The molecule has 2 N–H and O–H groups in total. The van der Waals surface area contributed by atoms with Gasteiger partial charge >= 0.3 is 5.97 Å². The van der Waals surface area contributed by atoms with Crippen LogP contribution in [0.15, 0.2) is 24.3 Å². The highest BCUT2D eigenvalue weighted by molar-refractivity contribution is 7.99. The van der Waals surface area contributed by atoms with Gasteiger partial charge in [0.2, 0.25) is 5.91 Å². The smallest absolute Gasteiger partial charge is 0.326 e. The highest BCUT2D eigenvalue weighted by Gasteiger charge is 2.48. The summed E-state index contributed by atoms with van der Waals surface area (Å²) in [5.74, 6) is -1.29. The number of nitrogens with zero attached hydrogens (tertiary/aromatic N) is 1. The van der Waals surface area contributed by atoms with Crippen molar-refractivity contribution in [2.24, 2.45) is 5.92 Å². The Labute approximate surface area is 144 Å². The highest BCUT2D eigenvalue weighted by Crippen LogP contribution is 2.48. The molecule has 1 fully saturated rings. The second-order valence-electron chi connectivity index (χ2n) is 6.21. The minimum atomic E-state index is -1.05. The number of carbonyl (C=O) groups is 3. The quantitative estimate of drug-likeness (QED) is 0.848. The molecule has 1 aromatic rings. The zero-order chi connectivity index (χ0) is 17.4.